The van der Waals surface area contributed by atoms with Gasteiger partial charge in [-0.25, -0.2) is 14.4 Å². The quantitative estimate of drug-likeness (QED) is 0.615. The minimum absolute atomic E-state index is 0.0562. The van der Waals surface area contributed by atoms with Crippen molar-refractivity contribution in [3.63, 3.8) is 0 Å². The van der Waals surface area contributed by atoms with E-state index < -0.39 is 5.82 Å². The van der Waals surface area contributed by atoms with Gasteiger partial charge in [0.05, 0.1) is 23.8 Å². The van der Waals surface area contributed by atoms with Crippen LogP contribution in [0.25, 0.3) is 10.9 Å². The number of ether oxygens (including phenoxy) is 2. The maximum absolute atomic E-state index is 13.4. The van der Waals surface area contributed by atoms with Crippen LogP contribution < -0.4 is 10.1 Å². The molecule has 2 aromatic carbocycles. The zero-order chi connectivity index (χ0) is 19.7. The van der Waals surface area contributed by atoms with Gasteiger partial charge >= 0.3 is 0 Å². The van der Waals surface area contributed by atoms with Gasteiger partial charge in [-0.05, 0) is 35.7 Å². The summed E-state index contributed by atoms with van der Waals surface area (Å²) in [5, 5.41) is 4.13. The second-order valence-electron chi connectivity index (χ2n) is 7.14. The Bertz CT molecular complexity index is 1010. The number of nitrogens with zero attached hydrogens (tertiary/aromatic N) is 2. The van der Waals surface area contributed by atoms with Crippen molar-refractivity contribution >= 4 is 34.0 Å². The van der Waals surface area contributed by atoms with Gasteiger partial charge in [0.25, 0.3) is 0 Å². The molecule has 1 N–H and O–H groups in total. The highest BCUT2D eigenvalue weighted by Crippen LogP contribution is 2.35. The first kappa shape index (κ1) is 18.9. The van der Waals surface area contributed by atoms with E-state index in [0.29, 0.717) is 18.1 Å². The van der Waals surface area contributed by atoms with E-state index in [1.165, 1.54) is 18.5 Å². The molecule has 0 aliphatic carbocycles. The lowest BCUT2D eigenvalue weighted by Gasteiger charge is -2.19. The van der Waals surface area contributed by atoms with Gasteiger partial charge in [0.15, 0.2) is 0 Å². The van der Waals surface area contributed by atoms with Crippen molar-refractivity contribution in [2.45, 2.75) is 32.3 Å². The van der Waals surface area contributed by atoms with Crippen LogP contribution in [0.2, 0.25) is 5.02 Å². The smallest absolute Gasteiger partial charge is 0.141 e. The van der Waals surface area contributed by atoms with E-state index in [1.54, 1.807) is 6.07 Å². The van der Waals surface area contributed by atoms with Gasteiger partial charge in [-0.2, -0.15) is 0 Å². The highest BCUT2D eigenvalue weighted by atomic mass is 35.5. The molecule has 0 spiro atoms. The summed E-state index contributed by atoms with van der Waals surface area (Å²) in [6, 6.07) is 8.48. The number of benzene rings is 2. The molecular weight excluding hydrogens is 381 g/mol. The van der Waals surface area contributed by atoms with Crippen LogP contribution in [0.1, 0.15) is 31.7 Å². The molecule has 1 aromatic heterocycles. The Morgan fingerprint density at radius 1 is 1.25 bits per heavy atom. The molecule has 3 aromatic rings. The normalized spacial score (nSPS) is 16.7. The van der Waals surface area contributed by atoms with Crippen molar-refractivity contribution in [1.29, 1.82) is 0 Å². The first-order chi connectivity index (χ1) is 13.5. The minimum atomic E-state index is -0.459. The second kappa shape index (κ2) is 7.89. The largest absolute Gasteiger partial charge is 0.488 e. The molecule has 1 aliphatic rings. The second-order valence-corrected chi connectivity index (χ2v) is 7.55. The molecule has 1 saturated heterocycles. The molecule has 5 nitrogen and oxygen atoms in total. The van der Waals surface area contributed by atoms with Crippen LogP contribution in [-0.2, 0) is 4.74 Å². The van der Waals surface area contributed by atoms with Crippen LogP contribution in [-0.4, -0.2) is 29.3 Å². The summed E-state index contributed by atoms with van der Waals surface area (Å²) in [6.07, 6.45) is 2.45. The summed E-state index contributed by atoms with van der Waals surface area (Å²) in [4.78, 5) is 8.77. The lowest BCUT2D eigenvalue weighted by atomic mass is 9.99. The van der Waals surface area contributed by atoms with E-state index in [0.717, 1.165) is 35.2 Å². The summed E-state index contributed by atoms with van der Waals surface area (Å²) >= 11 is 5.89. The van der Waals surface area contributed by atoms with Crippen LogP contribution in [0.5, 0.6) is 5.75 Å². The average molecular weight is 402 g/mol. The Morgan fingerprint density at radius 2 is 2.11 bits per heavy atom. The van der Waals surface area contributed by atoms with Gasteiger partial charge in [0, 0.05) is 23.6 Å². The Morgan fingerprint density at radius 3 is 2.82 bits per heavy atom. The SMILES string of the molecule is CC(C)c1cc2c(Nc3ccc(F)c(Cl)c3)ncnc2cc1O[C@@H]1CCOC1. The highest BCUT2D eigenvalue weighted by Gasteiger charge is 2.21. The fourth-order valence-corrected chi connectivity index (χ4v) is 3.43. The Balaban J connectivity index is 1.73. The number of rotatable bonds is 5. The van der Waals surface area contributed by atoms with E-state index >= 15 is 0 Å². The van der Waals surface area contributed by atoms with Gasteiger partial charge in [-0.1, -0.05) is 25.4 Å². The minimum Gasteiger partial charge on any atom is -0.488 e. The van der Waals surface area contributed by atoms with Crippen molar-refractivity contribution in [3.05, 3.63) is 53.1 Å². The zero-order valence-corrected chi connectivity index (χ0v) is 16.5. The summed E-state index contributed by atoms with van der Waals surface area (Å²) in [5.41, 5.74) is 2.50. The standard InChI is InChI=1S/C21H21ClFN3O2/c1-12(2)15-8-16-19(9-20(15)28-14-5-6-27-10-14)24-11-25-21(16)26-13-3-4-18(23)17(22)7-13/h3-4,7-9,11-12,14H,5-6,10H2,1-2H3,(H,24,25,26)/t14-/m1/s1. The Labute approximate surface area is 167 Å². The Kier molecular flexibility index (Phi) is 5.33. The molecule has 1 atom stereocenters. The number of hydrogen-bond donors (Lipinski definition) is 1. The van der Waals surface area contributed by atoms with Crippen molar-refractivity contribution in [3.8, 4) is 5.75 Å². The number of hydrogen-bond acceptors (Lipinski definition) is 5. The first-order valence-electron chi connectivity index (χ1n) is 9.26. The van der Waals surface area contributed by atoms with Gasteiger partial charge < -0.3 is 14.8 Å². The molecule has 0 saturated carbocycles. The maximum atomic E-state index is 13.4. The van der Waals surface area contributed by atoms with Gasteiger partial charge in [0.2, 0.25) is 0 Å². The Hall–Kier alpha value is -2.44. The number of nitrogens with one attached hydrogen (secondary N) is 1. The molecule has 1 fully saturated rings. The van der Waals surface area contributed by atoms with Crippen LogP contribution >= 0.6 is 11.6 Å². The third kappa shape index (κ3) is 3.88. The van der Waals surface area contributed by atoms with E-state index in [1.807, 2.05) is 6.07 Å². The fourth-order valence-electron chi connectivity index (χ4n) is 3.25. The molecule has 2 heterocycles. The molecule has 0 bridgehead atoms. The van der Waals surface area contributed by atoms with Crippen molar-refractivity contribution in [2.24, 2.45) is 0 Å². The van der Waals surface area contributed by atoms with Crippen LogP contribution in [0.4, 0.5) is 15.9 Å². The monoisotopic (exact) mass is 401 g/mol. The molecule has 0 radical (unpaired) electrons. The van der Waals surface area contributed by atoms with E-state index in [-0.39, 0.29) is 17.0 Å². The van der Waals surface area contributed by atoms with Crippen LogP contribution in [0.15, 0.2) is 36.7 Å². The lowest BCUT2D eigenvalue weighted by molar-refractivity contribution is 0.140. The third-order valence-corrected chi connectivity index (χ3v) is 5.04. The molecule has 146 valence electrons. The van der Waals surface area contributed by atoms with E-state index in [9.17, 15) is 4.39 Å². The van der Waals surface area contributed by atoms with Crippen LogP contribution in [0.3, 0.4) is 0 Å². The molecule has 1 aliphatic heterocycles. The zero-order valence-electron chi connectivity index (χ0n) is 15.7. The number of halogens is 2. The molecule has 4 rings (SSSR count). The fraction of sp³-hybridized carbons (Fsp3) is 0.333. The number of fused-ring (bicyclic) bond motifs is 1. The molecule has 7 heteroatoms. The van der Waals surface area contributed by atoms with Crippen molar-refractivity contribution in [2.75, 3.05) is 18.5 Å². The maximum Gasteiger partial charge on any atom is 0.141 e. The van der Waals surface area contributed by atoms with Gasteiger partial charge in [-0.3, -0.25) is 0 Å². The van der Waals surface area contributed by atoms with Crippen molar-refractivity contribution < 1.29 is 13.9 Å². The summed E-state index contributed by atoms with van der Waals surface area (Å²) < 4.78 is 25.1. The summed E-state index contributed by atoms with van der Waals surface area (Å²) in [7, 11) is 0. The van der Waals surface area contributed by atoms with Gasteiger partial charge in [0.1, 0.15) is 29.8 Å². The molecule has 0 unspecified atom stereocenters. The molecular formula is C21H21ClFN3O2. The summed E-state index contributed by atoms with van der Waals surface area (Å²) in [6.45, 7) is 5.58. The average Bonchev–Trinajstić information content (AvgIpc) is 3.17. The van der Waals surface area contributed by atoms with E-state index in [2.05, 4.69) is 35.2 Å². The predicted molar refractivity (Wildman–Crippen MR) is 108 cm³/mol. The van der Waals surface area contributed by atoms with Gasteiger partial charge in [-0.15, -0.1) is 0 Å². The highest BCUT2D eigenvalue weighted by molar-refractivity contribution is 6.31. The first-order valence-corrected chi connectivity index (χ1v) is 9.64. The molecule has 0 amide bonds. The number of aromatic nitrogens is 2. The third-order valence-electron chi connectivity index (χ3n) is 4.75. The number of anilines is 2. The summed E-state index contributed by atoms with van der Waals surface area (Å²) in [5.74, 6) is 1.26. The van der Waals surface area contributed by atoms with Crippen LogP contribution in [0, 0.1) is 5.82 Å². The lowest BCUT2D eigenvalue weighted by Crippen LogP contribution is -2.17. The topological polar surface area (TPSA) is 56.3 Å². The molecule has 28 heavy (non-hydrogen) atoms. The predicted octanol–water partition coefficient (Wildman–Crippen LogP) is 5.46. The van der Waals surface area contributed by atoms with Crippen molar-refractivity contribution in [1.82, 2.24) is 9.97 Å². The van der Waals surface area contributed by atoms with E-state index in [4.69, 9.17) is 21.1 Å².